The minimum absolute atomic E-state index is 0.0883. The van der Waals surface area contributed by atoms with Crippen LogP contribution in [0.2, 0.25) is 0 Å². The molecule has 0 aliphatic carbocycles. The lowest BCUT2D eigenvalue weighted by molar-refractivity contribution is -0.174. The van der Waals surface area contributed by atoms with Gasteiger partial charge in [-0.3, -0.25) is 9.59 Å². The van der Waals surface area contributed by atoms with Crippen molar-refractivity contribution in [3.63, 3.8) is 0 Å². The fourth-order valence-corrected chi connectivity index (χ4v) is 2.08. The van der Waals surface area contributed by atoms with Crippen LogP contribution in [-0.4, -0.2) is 35.9 Å². The third-order valence-corrected chi connectivity index (χ3v) is 3.57. The molecule has 0 spiro atoms. The van der Waals surface area contributed by atoms with Crippen LogP contribution in [0.25, 0.3) is 0 Å². The summed E-state index contributed by atoms with van der Waals surface area (Å²) in [6.07, 6.45) is 1.84. The Morgan fingerprint density at radius 3 is 2.25 bits per heavy atom. The standard InChI is InChI=1S/C17H21F3N2O2/c1-10(2)11(3)14(13-8-6-7-9-22(13)5)15(23)12(4)21-16(24)17(18,19)20/h6-10,12H,3H2,1-2,4-5H3,(H,21,24)/b14-13+/t12-/m1/s1. The van der Waals surface area contributed by atoms with E-state index >= 15 is 0 Å². The second-order valence-electron chi connectivity index (χ2n) is 5.81. The number of carbonyl (C=O) groups is 2. The van der Waals surface area contributed by atoms with Crippen molar-refractivity contribution in [1.82, 2.24) is 10.2 Å². The van der Waals surface area contributed by atoms with E-state index in [-0.39, 0.29) is 11.5 Å². The number of rotatable bonds is 5. The van der Waals surface area contributed by atoms with Crippen molar-refractivity contribution in [2.45, 2.75) is 33.0 Å². The topological polar surface area (TPSA) is 49.4 Å². The molecule has 1 atom stereocenters. The molecule has 1 amide bonds. The van der Waals surface area contributed by atoms with E-state index in [9.17, 15) is 22.8 Å². The summed E-state index contributed by atoms with van der Waals surface area (Å²) in [5.74, 6) is -2.85. The predicted octanol–water partition coefficient (Wildman–Crippen LogP) is 3.10. The summed E-state index contributed by atoms with van der Waals surface area (Å²) in [6.45, 7) is 8.78. The molecular weight excluding hydrogens is 321 g/mol. The minimum atomic E-state index is -5.04. The lowest BCUT2D eigenvalue weighted by Crippen LogP contribution is -2.46. The number of carbonyl (C=O) groups excluding carboxylic acids is 2. The van der Waals surface area contributed by atoms with Crippen molar-refractivity contribution >= 4 is 11.7 Å². The molecule has 4 nitrogen and oxygen atoms in total. The van der Waals surface area contributed by atoms with E-state index in [4.69, 9.17) is 0 Å². The fourth-order valence-electron chi connectivity index (χ4n) is 2.08. The number of hydrogen-bond donors (Lipinski definition) is 1. The normalized spacial score (nSPS) is 17.8. The highest BCUT2D eigenvalue weighted by atomic mass is 19.4. The molecule has 1 N–H and O–H groups in total. The van der Waals surface area contributed by atoms with Crippen LogP contribution in [0.5, 0.6) is 0 Å². The van der Waals surface area contributed by atoms with Gasteiger partial charge >= 0.3 is 12.1 Å². The SMILES string of the molecule is C=C(/C(C(=O)[C@@H](C)NC(=O)C(F)(F)F)=C1/C=CC=CN1C)C(C)C. The van der Waals surface area contributed by atoms with Gasteiger partial charge in [0.2, 0.25) is 0 Å². The molecule has 0 bridgehead atoms. The van der Waals surface area contributed by atoms with Gasteiger partial charge in [0.05, 0.1) is 11.7 Å². The van der Waals surface area contributed by atoms with Crippen molar-refractivity contribution in [3.05, 3.63) is 47.9 Å². The molecule has 1 heterocycles. The van der Waals surface area contributed by atoms with Crippen molar-refractivity contribution < 1.29 is 22.8 Å². The van der Waals surface area contributed by atoms with Crippen LogP contribution in [0.1, 0.15) is 20.8 Å². The maximum atomic E-state index is 12.7. The average Bonchev–Trinajstić information content (AvgIpc) is 2.47. The molecule has 0 radical (unpaired) electrons. The summed E-state index contributed by atoms with van der Waals surface area (Å²) in [7, 11) is 1.72. The van der Waals surface area contributed by atoms with Crippen LogP contribution in [0.15, 0.2) is 47.9 Å². The van der Waals surface area contributed by atoms with Crippen LogP contribution in [0.4, 0.5) is 13.2 Å². The first-order valence-electron chi connectivity index (χ1n) is 7.39. The second-order valence-corrected chi connectivity index (χ2v) is 5.81. The van der Waals surface area contributed by atoms with E-state index in [0.717, 1.165) is 0 Å². The average molecular weight is 342 g/mol. The van der Waals surface area contributed by atoms with E-state index in [2.05, 4.69) is 6.58 Å². The maximum Gasteiger partial charge on any atom is 0.471 e. The van der Waals surface area contributed by atoms with Gasteiger partial charge < -0.3 is 10.2 Å². The number of likely N-dealkylation sites (N-methyl/N-ethyl adjacent to an activating group) is 1. The maximum absolute atomic E-state index is 12.7. The number of amides is 1. The molecular formula is C17H21F3N2O2. The molecule has 24 heavy (non-hydrogen) atoms. The zero-order valence-electron chi connectivity index (χ0n) is 14.1. The van der Waals surface area contributed by atoms with Gasteiger partial charge in [-0.05, 0) is 30.6 Å². The highest BCUT2D eigenvalue weighted by molar-refractivity contribution is 6.05. The van der Waals surface area contributed by atoms with Gasteiger partial charge in [0, 0.05) is 18.8 Å². The number of hydrogen-bond acceptors (Lipinski definition) is 3. The lowest BCUT2D eigenvalue weighted by atomic mass is 9.89. The fraction of sp³-hybridized carbons (Fsp3) is 0.412. The molecule has 0 fully saturated rings. The van der Waals surface area contributed by atoms with Crippen LogP contribution in [0.3, 0.4) is 0 Å². The molecule has 0 saturated heterocycles. The van der Waals surface area contributed by atoms with Gasteiger partial charge in [-0.15, -0.1) is 0 Å². The number of ketones is 1. The van der Waals surface area contributed by atoms with E-state index in [1.807, 2.05) is 13.8 Å². The number of nitrogens with zero attached hydrogens (tertiary/aromatic N) is 1. The number of alkyl halides is 3. The molecule has 7 heteroatoms. The third-order valence-electron chi connectivity index (χ3n) is 3.57. The highest BCUT2D eigenvalue weighted by Crippen LogP contribution is 2.27. The zero-order valence-corrected chi connectivity index (χ0v) is 14.1. The number of nitrogens with one attached hydrogen (secondary N) is 1. The van der Waals surface area contributed by atoms with Crippen LogP contribution in [-0.2, 0) is 9.59 Å². The number of Topliss-reactive ketones (excluding diaryl/α,β-unsaturated/α-hetero) is 1. The van der Waals surface area contributed by atoms with Crippen molar-refractivity contribution in [3.8, 4) is 0 Å². The van der Waals surface area contributed by atoms with E-state index in [0.29, 0.717) is 11.3 Å². The first-order chi connectivity index (χ1) is 11.0. The largest absolute Gasteiger partial charge is 0.471 e. The third kappa shape index (κ3) is 4.59. The Morgan fingerprint density at radius 1 is 1.21 bits per heavy atom. The van der Waals surface area contributed by atoms with E-state index < -0.39 is 23.9 Å². The van der Waals surface area contributed by atoms with Crippen molar-refractivity contribution in [2.24, 2.45) is 5.92 Å². The highest BCUT2D eigenvalue weighted by Gasteiger charge is 2.40. The zero-order chi connectivity index (χ0) is 18.7. The van der Waals surface area contributed by atoms with Crippen LogP contribution < -0.4 is 5.32 Å². The predicted molar refractivity (Wildman–Crippen MR) is 85.7 cm³/mol. The Labute approximate surface area is 139 Å². The Morgan fingerprint density at radius 2 is 1.79 bits per heavy atom. The molecule has 0 aromatic rings. The van der Waals surface area contributed by atoms with Crippen molar-refractivity contribution in [2.75, 3.05) is 7.05 Å². The smallest absolute Gasteiger partial charge is 0.350 e. The van der Waals surface area contributed by atoms with Gasteiger partial charge in [0.25, 0.3) is 0 Å². The molecule has 0 saturated carbocycles. The van der Waals surface area contributed by atoms with Crippen LogP contribution >= 0.6 is 0 Å². The summed E-state index contributed by atoms with van der Waals surface area (Å²) in [4.78, 5) is 25.5. The van der Waals surface area contributed by atoms with Gasteiger partial charge in [0.1, 0.15) is 0 Å². The molecule has 1 aliphatic heterocycles. The second kappa shape index (κ2) is 7.51. The van der Waals surface area contributed by atoms with Crippen LogP contribution in [0, 0.1) is 5.92 Å². The van der Waals surface area contributed by atoms with Gasteiger partial charge in [-0.2, -0.15) is 13.2 Å². The van der Waals surface area contributed by atoms with E-state index in [1.54, 1.807) is 41.7 Å². The first-order valence-corrected chi connectivity index (χ1v) is 7.39. The van der Waals surface area contributed by atoms with Gasteiger partial charge in [0.15, 0.2) is 5.78 Å². The lowest BCUT2D eigenvalue weighted by Gasteiger charge is -2.26. The molecule has 132 valence electrons. The Kier molecular flexibility index (Phi) is 6.17. The number of halogens is 3. The molecule has 0 aromatic heterocycles. The summed E-state index contributed by atoms with van der Waals surface area (Å²) >= 11 is 0. The van der Waals surface area contributed by atoms with Gasteiger partial charge in [-0.25, -0.2) is 0 Å². The molecule has 0 aromatic carbocycles. The molecule has 0 unspecified atom stereocenters. The molecule has 1 rings (SSSR count). The quantitative estimate of drug-likeness (QED) is 0.781. The first kappa shape index (κ1) is 19.7. The summed E-state index contributed by atoms with van der Waals surface area (Å²) in [5.41, 5.74) is 1.23. The van der Waals surface area contributed by atoms with Gasteiger partial charge in [-0.1, -0.05) is 26.5 Å². The van der Waals surface area contributed by atoms with Crippen molar-refractivity contribution in [1.29, 1.82) is 0 Å². The number of allylic oxidation sites excluding steroid dienone is 4. The van der Waals surface area contributed by atoms with E-state index in [1.165, 1.54) is 6.92 Å². The Bertz CT molecular complexity index is 628. The summed E-state index contributed by atoms with van der Waals surface area (Å²) in [6, 6.07) is -1.33. The summed E-state index contributed by atoms with van der Waals surface area (Å²) in [5, 5.41) is 1.70. The monoisotopic (exact) mass is 342 g/mol. The Balaban J connectivity index is 3.22. The summed E-state index contributed by atoms with van der Waals surface area (Å²) < 4.78 is 37.2. The Hall–Kier alpha value is -2.31. The minimum Gasteiger partial charge on any atom is -0.350 e. The molecule has 1 aliphatic rings.